The number of amides is 2. The van der Waals surface area contributed by atoms with E-state index in [-0.39, 0.29) is 18.4 Å². The summed E-state index contributed by atoms with van der Waals surface area (Å²) < 4.78 is 33.2. The average molecular weight is 295 g/mol. The number of hydrogen-bond acceptors (Lipinski definition) is 3. The summed E-state index contributed by atoms with van der Waals surface area (Å²) in [6.07, 6.45) is 2.96. The van der Waals surface area contributed by atoms with Crippen LogP contribution in [-0.4, -0.2) is 18.4 Å². The molecule has 1 aromatic carbocycles. The number of imide groups is 1. The number of carbonyl (C=O) groups is 2. The molecular weight excluding hydrogens is 280 g/mol. The second-order valence-electron chi connectivity index (χ2n) is 4.66. The molecule has 0 unspecified atom stereocenters. The van der Waals surface area contributed by atoms with E-state index in [2.05, 4.69) is 5.32 Å². The first-order valence-corrected chi connectivity index (χ1v) is 6.63. The Bertz CT molecular complexity index is 576. The van der Waals surface area contributed by atoms with Crippen molar-refractivity contribution in [2.24, 2.45) is 0 Å². The molecule has 21 heavy (non-hydrogen) atoms. The van der Waals surface area contributed by atoms with E-state index in [0.29, 0.717) is 12.2 Å². The first-order chi connectivity index (χ1) is 10.0. The summed E-state index contributed by atoms with van der Waals surface area (Å²) in [5.41, 5.74) is 0.00283. The van der Waals surface area contributed by atoms with Gasteiger partial charge in [0.15, 0.2) is 0 Å². The van der Waals surface area contributed by atoms with Gasteiger partial charge in [-0.15, -0.1) is 0 Å². The van der Waals surface area contributed by atoms with Crippen LogP contribution in [-0.2, 0) is 14.3 Å². The van der Waals surface area contributed by atoms with Gasteiger partial charge in [0.2, 0.25) is 11.8 Å². The van der Waals surface area contributed by atoms with Gasteiger partial charge in [0.1, 0.15) is 11.6 Å². The molecule has 2 amide bonds. The Hall–Kier alpha value is -2.24. The Morgan fingerprint density at radius 3 is 2.57 bits per heavy atom. The van der Waals surface area contributed by atoms with Gasteiger partial charge in [-0.3, -0.25) is 14.9 Å². The lowest BCUT2D eigenvalue weighted by Crippen LogP contribution is -2.40. The third-order valence-electron chi connectivity index (χ3n) is 3.21. The maximum absolute atomic E-state index is 14.1. The van der Waals surface area contributed by atoms with E-state index in [1.165, 1.54) is 12.3 Å². The van der Waals surface area contributed by atoms with E-state index in [0.717, 1.165) is 12.1 Å². The number of nitrogens with one attached hydrogen (secondary N) is 1. The third-order valence-corrected chi connectivity index (χ3v) is 3.21. The molecule has 6 heteroatoms. The lowest BCUT2D eigenvalue weighted by atomic mass is 9.89. The highest BCUT2D eigenvalue weighted by atomic mass is 19.1. The van der Waals surface area contributed by atoms with Crippen molar-refractivity contribution in [1.29, 1.82) is 0 Å². The monoisotopic (exact) mass is 295 g/mol. The summed E-state index contributed by atoms with van der Waals surface area (Å²) in [5, 5.41) is 2.09. The highest BCUT2D eigenvalue weighted by Crippen LogP contribution is 2.30. The van der Waals surface area contributed by atoms with E-state index < -0.39 is 29.4 Å². The fraction of sp³-hybridized carbons (Fsp3) is 0.333. The smallest absolute Gasteiger partial charge is 0.234 e. The molecule has 1 N–H and O–H groups in total. The molecule has 1 aliphatic rings. The summed E-state index contributed by atoms with van der Waals surface area (Å²) in [5.74, 6) is -3.68. The minimum atomic E-state index is -0.979. The Morgan fingerprint density at radius 1 is 1.33 bits per heavy atom. The van der Waals surface area contributed by atoms with Crippen LogP contribution in [0.4, 0.5) is 8.78 Å². The number of piperidine rings is 1. The van der Waals surface area contributed by atoms with E-state index in [1.54, 1.807) is 6.92 Å². The quantitative estimate of drug-likeness (QED) is 0.686. The topological polar surface area (TPSA) is 55.4 Å². The molecule has 2 rings (SSSR count). The predicted octanol–water partition coefficient (Wildman–Crippen LogP) is 2.49. The molecule has 4 nitrogen and oxygen atoms in total. The highest BCUT2D eigenvalue weighted by Gasteiger charge is 2.32. The molecule has 0 radical (unpaired) electrons. The van der Waals surface area contributed by atoms with Crippen molar-refractivity contribution in [2.75, 3.05) is 6.61 Å². The number of benzene rings is 1. The van der Waals surface area contributed by atoms with E-state index in [1.807, 2.05) is 0 Å². The Labute approximate surface area is 120 Å². The second-order valence-corrected chi connectivity index (χ2v) is 4.66. The first kappa shape index (κ1) is 15.2. The van der Waals surface area contributed by atoms with Gasteiger partial charge in [-0.2, -0.15) is 0 Å². The zero-order chi connectivity index (χ0) is 15.4. The van der Waals surface area contributed by atoms with Gasteiger partial charge in [-0.05, 0) is 37.1 Å². The third kappa shape index (κ3) is 3.45. The molecule has 1 heterocycles. The summed E-state index contributed by atoms with van der Waals surface area (Å²) >= 11 is 0. The maximum atomic E-state index is 14.1. The van der Waals surface area contributed by atoms with Gasteiger partial charge in [0.25, 0.3) is 0 Å². The van der Waals surface area contributed by atoms with Gasteiger partial charge in [0.05, 0.1) is 18.8 Å². The van der Waals surface area contributed by atoms with Crippen LogP contribution in [0.3, 0.4) is 0 Å². The molecule has 1 aromatic rings. The van der Waals surface area contributed by atoms with Crippen molar-refractivity contribution in [3.05, 3.63) is 41.2 Å². The fourth-order valence-corrected chi connectivity index (χ4v) is 2.22. The minimum Gasteiger partial charge on any atom is -0.501 e. The Balaban J connectivity index is 2.29. The molecule has 112 valence electrons. The predicted molar refractivity (Wildman–Crippen MR) is 72.1 cm³/mol. The van der Waals surface area contributed by atoms with Gasteiger partial charge < -0.3 is 4.74 Å². The van der Waals surface area contributed by atoms with Crippen molar-refractivity contribution in [3.8, 4) is 0 Å². The van der Waals surface area contributed by atoms with Crippen LogP contribution in [0.5, 0.6) is 0 Å². The maximum Gasteiger partial charge on any atom is 0.234 e. The standard InChI is InChI=1S/C15H15F2NO3/c1-2-21-6-5-9-7-11(16)14(12(17)8-9)10-3-4-13(19)18-15(10)20/h5-8,10H,2-4H2,1H3,(H,18,19,20)/t10-/m0/s1. The SMILES string of the molecule is CCOC=Cc1cc(F)c([C@@H]2CCC(=O)NC2=O)c(F)c1. The van der Waals surface area contributed by atoms with E-state index in [4.69, 9.17) is 4.74 Å². The van der Waals surface area contributed by atoms with Crippen LogP contribution in [0.15, 0.2) is 18.4 Å². The van der Waals surface area contributed by atoms with E-state index >= 15 is 0 Å². The highest BCUT2D eigenvalue weighted by molar-refractivity contribution is 6.01. The minimum absolute atomic E-state index is 0.0707. The summed E-state index contributed by atoms with van der Waals surface area (Å²) in [4.78, 5) is 22.8. The molecule has 0 spiro atoms. The molecule has 0 aromatic heterocycles. The molecule has 0 bridgehead atoms. The number of rotatable bonds is 4. The number of carbonyl (C=O) groups excluding carboxylic acids is 2. The largest absolute Gasteiger partial charge is 0.501 e. The Morgan fingerprint density at radius 2 is 2.00 bits per heavy atom. The van der Waals surface area contributed by atoms with Crippen LogP contribution < -0.4 is 5.32 Å². The van der Waals surface area contributed by atoms with Crippen molar-refractivity contribution in [2.45, 2.75) is 25.7 Å². The van der Waals surface area contributed by atoms with Crippen LogP contribution in [0.1, 0.15) is 36.8 Å². The lowest BCUT2D eigenvalue weighted by Gasteiger charge is -2.22. The molecule has 1 fully saturated rings. The van der Waals surface area contributed by atoms with Crippen molar-refractivity contribution < 1.29 is 23.1 Å². The normalized spacial score (nSPS) is 18.9. The number of halogens is 2. The van der Waals surface area contributed by atoms with Gasteiger partial charge >= 0.3 is 0 Å². The molecule has 1 aliphatic heterocycles. The molecule has 1 saturated heterocycles. The van der Waals surface area contributed by atoms with Gasteiger partial charge in [0, 0.05) is 12.0 Å². The van der Waals surface area contributed by atoms with Crippen molar-refractivity contribution >= 4 is 17.9 Å². The molecule has 0 aliphatic carbocycles. The van der Waals surface area contributed by atoms with Crippen LogP contribution in [0, 0.1) is 11.6 Å². The fourth-order valence-electron chi connectivity index (χ4n) is 2.22. The van der Waals surface area contributed by atoms with Gasteiger partial charge in [-0.25, -0.2) is 8.78 Å². The van der Waals surface area contributed by atoms with Crippen LogP contribution >= 0.6 is 0 Å². The zero-order valence-corrected chi connectivity index (χ0v) is 11.5. The average Bonchev–Trinajstić information content (AvgIpc) is 2.41. The van der Waals surface area contributed by atoms with Crippen LogP contribution in [0.2, 0.25) is 0 Å². The summed E-state index contributed by atoms with van der Waals surface area (Å²) in [6, 6.07) is 2.27. The number of ether oxygens (including phenoxy) is 1. The zero-order valence-electron chi connectivity index (χ0n) is 11.5. The molecular formula is C15H15F2NO3. The molecule has 1 atom stereocenters. The lowest BCUT2D eigenvalue weighted by molar-refractivity contribution is -0.134. The summed E-state index contributed by atoms with van der Waals surface area (Å²) in [6.45, 7) is 2.24. The van der Waals surface area contributed by atoms with Crippen molar-refractivity contribution in [1.82, 2.24) is 5.32 Å². The Kier molecular flexibility index (Phi) is 4.67. The summed E-state index contributed by atoms with van der Waals surface area (Å²) in [7, 11) is 0. The number of hydrogen-bond donors (Lipinski definition) is 1. The van der Waals surface area contributed by atoms with Crippen LogP contribution in [0.25, 0.3) is 6.08 Å². The molecule has 0 saturated carbocycles. The first-order valence-electron chi connectivity index (χ1n) is 6.63. The van der Waals surface area contributed by atoms with Gasteiger partial charge in [-0.1, -0.05) is 0 Å². The van der Waals surface area contributed by atoms with Crippen molar-refractivity contribution in [3.63, 3.8) is 0 Å². The van der Waals surface area contributed by atoms with E-state index in [9.17, 15) is 18.4 Å². The second kappa shape index (κ2) is 6.47.